The number of amides is 1. The Bertz CT molecular complexity index is 1290. The Kier molecular flexibility index (Phi) is 7.90. The van der Waals surface area contributed by atoms with Crippen molar-refractivity contribution in [1.29, 1.82) is 0 Å². The molecule has 1 heterocycles. The van der Waals surface area contributed by atoms with Crippen LogP contribution in [-0.2, 0) is 30.5 Å². The Balaban J connectivity index is 1.72. The third-order valence-corrected chi connectivity index (χ3v) is 6.80. The van der Waals surface area contributed by atoms with Crippen LogP contribution < -0.4 is 5.32 Å². The van der Waals surface area contributed by atoms with E-state index in [-0.39, 0.29) is 32.4 Å². The maximum absolute atomic E-state index is 14.3. The molecule has 1 amide bonds. The zero-order valence-electron chi connectivity index (χ0n) is 18.1. The molecule has 11 nitrogen and oxygen atoms in total. The number of nitrogens with zero attached hydrogens (tertiary/aromatic N) is 2. The summed E-state index contributed by atoms with van der Waals surface area (Å²) in [5.74, 6) is -3.59. The molecule has 0 aromatic heterocycles. The predicted octanol–water partition coefficient (Wildman–Crippen LogP) is 2.57. The fraction of sp³-hybridized carbons (Fsp3) is 0.300. The van der Waals surface area contributed by atoms with E-state index in [1.54, 1.807) is 0 Å². The lowest BCUT2D eigenvalue weighted by Gasteiger charge is -2.26. The van der Waals surface area contributed by atoms with Crippen molar-refractivity contribution in [1.82, 2.24) is 4.31 Å². The van der Waals surface area contributed by atoms with Crippen molar-refractivity contribution in [2.75, 3.05) is 38.2 Å². The van der Waals surface area contributed by atoms with Crippen molar-refractivity contribution in [3.8, 4) is 0 Å². The molecule has 16 heteroatoms. The number of nitrogens with one attached hydrogen (secondary N) is 1. The number of ether oxygens (including phenoxy) is 2. The Labute approximate surface area is 200 Å². The fourth-order valence-corrected chi connectivity index (χ4v) is 4.64. The summed E-state index contributed by atoms with van der Waals surface area (Å²) in [5, 5.41) is 12.6. The minimum absolute atomic E-state index is 0.0286. The van der Waals surface area contributed by atoms with Crippen LogP contribution in [0.5, 0.6) is 0 Å². The molecule has 1 aliphatic heterocycles. The van der Waals surface area contributed by atoms with Gasteiger partial charge in [-0.05, 0) is 24.3 Å². The Morgan fingerprint density at radius 2 is 1.81 bits per heavy atom. The van der Waals surface area contributed by atoms with Crippen LogP contribution in [0.4, 0.5) is 28.9 Å². The molecule has 0 aliphatic carbocycles. The highest BCUT2D eigenvalue weighted by molar-refractivity contribution is 7.89. The van der Waals surface area contributed by atoms with Gasteiger partial charge >= 0.3 is 12.1 Å². The lowest BCUT2D eigenvalue weighted by molar-refractivity contribution is -0.385. The summed E-state index contributed by atoms with van der Waals surface area (Å²) in [6, 6.07) is 3.99. The molecule has 0 saturated carbocycles. The zero-order valence-corrected chi connectivity index (χ0v) is 18.9. The number of benzene rings is 2. The fourth-order valence-electron chi connectivity index (χ4n) is 3.14. The van der Waals surface area contributed by atoms with Gasteiger partial charge < -0.3 is 14.8 Å². The normalized spacial score (nSPS) is 14.8. The van der Waals surface area contributed by atoms with Gasteiger partial charge in [0.15, 0.2) is 6.61 Å². The number of carbonyl (C=O) groups is 2. The molecular weight excluding hydrogens is 518 g/mol. The van der Waals surface area contributed by atoms with Crippen LogP contribution in [0.1, 0.15) is 15.9 Å². The number of sulfonamides is 1. The van der Waals surface area contributed by atoms with E-state index >= 15 is 0 Å². The second-order valence-electron chi connectivity index (χ2n) is 7.27. The second-order valence-corrected chi connectivity index (χ2v) is 9.18. The number of nitro groups is 1. The van der Waals surface area contributed by atoms with Crippen LogP contribution in [0, 0.1) is 15.9 Å². The summed E-state index contributed by atoms with van der Waals surface area (Å²) in [6.07, 6.45) is -5.04. The van der Waals surface area contributed by atoms with Crippen LogP contribution in [0.3, 0.4) is 0 Å². The molecule has 1 fully saturated rings. The number of hydrogen-bond donors (Lipinski definition) is 1. The predicted molar refractivity (Wildman–Crippen MR) is 113 cm³/mol. The Morgan fingerprint density at radius 1 is 1.14 bits per heavy atom. The highest BCUT2D eigenvalue weighted by Crippen LogP contribution is 2.37. The zero-order chi connectivity index (χ0) is 26.7. The van der Waals surface area contributed by atoms with E-state index in [1.165, 1.54) is 0 Å². The van der Waals surface area contributed by atoms with Crippen LogP contribution in [0.25, 0.3) is 0 Å². The minimum atomic E-state index is -5.04. The molecule has 194 valence electrons. The molecule has 1 N–H and O–H groups in total. The lowest BCUT2D eigenvalue weighted by atomic mass is 10.1. The lowest BCUT2D eigenvalue weighted by Crippen LogP contribution is -2.41. The van der Waals surface area contributed by atoms with Crippen molar-refractivity contribution in [2.24, 2.45) is 0 Å². The van der Waals surface area contributed by atoms with E-state index in [0.29, 0.717) is 6.07 Å². The quantitative estimate of drug-likeness (QED) is 0.247. The topological polar surface area (TPSA) is 145 Å². The van der Waals surface area contributed by atoms with Gasteiger partial charge in [-0.1, -0.05) is 0 Å². The van der Waals surface area contributed by atoms with Gasteiger partial charge in [-0.15, -0.1) is 0 Å². The standard InChI is InChI=1S/C20H17F4N3O8S/c21-15-3-1-12(9-17(15)36(32,33)26-5-7-34-8-6-26)19(29)35-11-18(28)25-16-4-2-13(27(30)31)10-14(16)20(22,23)24/h1-4,9-10H,5-8,11H2,(H,25,28). The van der Waals surface area contributed by atoms with Crippen LogP contribution >= 0.6 is 0 Å². The second kappa shape index (κ2) is 10.5. The SMILES string of the molecule is O=C(COC(=O)c1ccc(F)c(S(=O)(=O)N2CCOCC2)c1)Nc1ccc([N+](=O)[O-])cc1C(F)(F)F. The first-order valence-electron chi connectivity index (χ1n) is 10.0. The Hall–Kier alpha value is -3.63. The van der Waals surface area contributed by atoms with Gasteiger partial charge in [-0.25, -0.2) is 17.6 Å². The van der Waals surface area contributed by atoms with Gasteiger partial charge in [0.2, 0.25) is 10.0 Å². The van der Waals surface area contributed by atoms with Crippen molar-refractivity contribution in [3.63, 3.8) is 0 Å². The number of esters is 1. The summed E-state index contributed by atoms with van der Waals surface area (Å²) >= 11 is 0. The van der Waals surface area contributed by atoms with E-state index in [0.717, 1.165) is 28.6 Å². The van der Waals surface area contributed by atoms with Crippen molar-refractivity contribution in [2.45, 2.75) is 11.1 Å². The average Bonchev–Trinajstić information content (AvgIpc) is 2.82. The monoisotopic (exact) mass is 535 g/mol. The van der Waals surface area contributed by atoms with Gasteiger partial charge in [-0.3, -0.25) is 14.9 Å². The number of nitro benzene ring substituents is 1. The van der Waals surface area contributed by atoms with Gasteiger partial charge in [0, 0.05) is 25.2 Å². The maximum atomic E-state index is 14.3. The van der Waals surface area contributed by atoms with E-state index in [4.69, 9.17) is 9.47 Å². The number of carbonyl (C=O) groups excluding carboxylic acids is 2. The van der Waals surface area contributed by atoms with Gasteiger partial charge in [-0.2, -0.15) is 17.5 Å². The number of halogens is 4. The summed E-state index contributed by atoms with van der Waals surface area (Å²) in [5.41, 5.74) is -3.59. The number of hydrogen-bond acceptors (Lipinski definition) is 8. The molecule has 2 aromatic rings. The summed E-state index contributed by atoms with van der Waals surface area (Å²) < 4.78 is 90.1. The molecule has 1 aliphatic rings. The van der Waals surface area contributed by atoms with Crippen LogP contribution in [0.2, 0.25) is 0 Å². The molecule has 2 aromatic carbocycles. The Morgan fingerprint density at radius 3 is 2.42 bits per heavy atom. The molecule has 0 spiro atoms. The van der Waals surface area contributed by atoms with E-state index in [2.05, 4.69) is 0 Å². The van der Waals surface area contributed by atoms with Crippen molar-refractivity contribution >= 4 is 33.3 Å². The number of rotatable bonds is 7. The summed E-state index contributed by atoms with van der Waals surface area (Å²) in [7, 11) is -4.31. The highest BCUT2D eigenvalue weighted by atomic mass is 32.2. The van der Waals surface area contributed by atoms with Crippen molar-refractivity contribution < 1.29 is 50.0 Å². The highest BCUT2D eigenvalue weighted by Gasteiger charge is 2.36. The largest absolute Gasteiger partial charge is 0.452 e. The summed E-state index contributed by atoms with van der Waals surface area (Å²) in [6.45, 7) is -0.945. The first-order valence-corrected chi connectivity index (χ1v) is 11.4. The number of anilines is 1. The van der Waals surface area contributed by atoms with E-state index < -0.39 is 72.8 Å². The molecule has 0 atom stereocenters. The molecule has 1 saturated heterocycles. The molecule has 3 rings (SSSR count). The van der Waals surface area contributed by atoms with Gasteiger partial charge in [0.25, 0.3) is 11.6 Å². The molecule has 0 radical (unpaired) electrons. The third kappa shape index (κ3) is 6.13. The maximum Gasteiger partial charge on any atom is 0.418 e. The number of morpholine rings is 1. The smallest absolute Gasteiger partial charge is 0.418 e. The van der Waals surface area contributed by atoms with Gasteiger partial charge in [0.05, 0.1) is 35.0 Å². The van der Waals surface area contributed by atoms with Crippen LogP contribution in [-0.4, -0.2) is 62.4 Å². The molecule has 0 unspecified atom stereocenters. The molecule has 36 heavy (non-hydrogen) atoms. The van der Waals surface area contributed by atoms with Crippen molar-refractivity contribution in [3.05, 3.63) is 63.5 Å². The van der Waals surface area contributed by atoms with Gasteiger partial charge in [0.1, 0.15) is 10.7 Å². The first kappa shape index (κ1) is 27.0. The van der Waals surface area contributed by atoms with E-state index in [9.17, 15) is 45.7 Å². The van der Waals surface area contributed by atoms with E-state index in [1.807, 2.05) is 5.32 Å². The number of non-ortho nitro benzene ring substituents is 1. The molecule has 0 bridgehead atoms. The number of alkyl halides is 3. The minimum Gasteiger partial charge on any atom is -0.452 e. The first-order chi connectivity index (χ1) is 16.8. The van der Waals surface area contributed by atoms with Crippen LogP contribution in [0.15, 0.2) is 41.3 Å². The summed E-state index contributed by atoms with van der Waals surface area (Å²) in [4.78, 5) is 33.3. The average molecular weight is 535 g/mol. The molecular formula is C20H17F4N3O8S. The third-order valence-electron chi connectivity index (χ3n) is 4.88.